The fourth-order valence-electron chi connectivity index (χ4n) is 2.04. The zero-order valence-electron chi connectivity index (χ0n) is 12.0. The minimum atomic E-state index is -0.985. The van der Waals surface area contributed by atoms with Crippen molar-refractivity contribution in [2.45, 2.75) is 25.8 Å². The highest BCUT2D eigenvalue weighted by atomic mass is 79.9. The van der Waals surface area contributed by atoms with E-state index in [1.54, 1.807) is 24.3 Å². The lowest BCUT2D eigenvalue weighted by Crippen LogP contribution is -2.30. The summed E-state index contributed by atoms with van der Waals surface area (Å²) in [4.78, 5) is 23.3. The molecule has 3 N–H and O–H groups in total. The van der Waals surface area contributed by atoms with Crippen molar-refractivity contribution in [3.63, 3.8) is 0 Å². The van der Waals surface area contributed by atoms with Gasteiger partial charge in [0.05, 0.1) is 12.5 Å². The van der Waals surface area contributed by atoms with Gasteiger partial charge in [0.25, 0.3) is 5.91 Å². The molecule has 1 heterocycles. The number of aryl methyl sites for hydroxylation is 1. The highest BCUT2D eigenvalue weighted by Crippen LogP contribution is 2.21. The Morgan fingerprint density at radius 2 is 2.18 bits per heavy atom. The van der Waals surface area contributed by atoms with E-state index in [0.717, 1.165) is 22.2 Å². The lowest BCUT2D eigenvalue weighted by Gasteiger charge is -2.17. The lowest BCUT2D eigenvalue weighted by molar-refractivity contribution is -0.137. The van der Waals surface area contributed by atoms with Gasteiger partial charge >= 0.3 is 5.97 Å². The fourth-order valence-corrected chi connectivity index (χ4v) is 2.46. The molecule has 0 aliphatic heterocycles. The van der Waals surface area contributed by atoms with Gasteiger partial charge in [-0.15, -0.1) is 0 Å². The Labute approximate surface area is 136 Å². The first-order valence-corrected chi connectivity index (χ1v) is 7.61. The van der Waals surface area contributed by atoms with Crippen LogP contribution >= 0.6 is 15.9 Å². The van der Waals surface area contributed by atoms with Crippen molar-refractivity contribution in [3.05, 3.63) is 51.8 Å². The van der Waals surface area contributed by atoms with Crippen molar-refractivity contribution < 1.29 is 14.7 Å². The summed E-state index contributed by atoms with van der Waals surface area (Å²) in [6.07, 6.45) is 0.539. The number of H-pyrrole nitrogens is 1. The molecule has 1 atom stereocenters. The number of aliphatic carboxylic acids is 1. The SMILES string of the molecule is CCc1cc(C(=O)NC(CC(=O)O)c2cccc(Br)c2)n[nH]1. The van der Waals surface area contributed by atoms with E-state index in [4.69, 9.17) is 5.11 Å². The van der Waals surface area contributed by atoms with Crippen LogP contribution in [0.3, 0.4) is 0 Å². The molecule has 1 aromatic heterocycles. The molecule has 2 aromatic rings. The van der Waals surface area contributed by atoms with Crippen LogP contribution in [0.25, 0.3) is 0 Å². The van der Waals surface area contributed by atoms with E-state index < -0.39 is 17.9 Å². The van der Waals surface area contributed by atoms with Crippen LogP contribution in [0.1, 0.15) is 41.1 Å². The predicted octanol–water partition coefficient (Wildman–Crippen LogP) is 2.68. The summed E-state index contributed by atoms with van der Waals surface area (Å²) >= 11 is 3.34. The summed E-state index contributed by atoms with van der Waals surface area (Å²) in [7, 11) is 0. The molecule has 22 heavy (non-hydrogen) atoms. The maximum absolute atomic E-state index is 12.2. The number of halogens is 1. The van der Waals surface area contributed by atoms with Crippen LogP contribution in [0.5, 0.6) is 0 Å². The molecule has 0 fully saturated rings. The molecule has 0 aliphatic carbocycles. The largest absolute Gasteiger partial charge is 0.481 e. The third-order valence-corrected chi connectivity index (χ3v) is 3.67. The monoisotopic (exact) mass is 365 g/mol. The van der Waals surface area contributed by atoms with E-state index in [2.05, 4.69) is 31.4 Å². The summed E-state index contributed by atoms with van der Waals surface area (Å²) in [5.74, 6) is -1.39. The number of rotatable bonds is 6. The second-order valence-electron chi connectivity index (χ2n) is 4.81. The minimum Gasteiger partial charge on any atom is -0.481 e. The molecule has 1 aromatic carbocycles. The Kier molecular flexibility index (Phi) is 5.32. The summed E-state index contributed by atoms with van der Waals surface area (Å²) < 4.78 is 0.822. The van der Waals surface area contributed by atoms with Crippen molar-refractivity contribution in [2.24, 2.45) is 0 Å². The standard InChI is InChI=1S/C15H16BrN3O3/c1-2-11-7-13(19-18-11)15(22)17-12(8-14(20)21)9-4-3-5-10(16)6-9/h3-7,12H,2,8H2,1H3,(H,17,22)(H,18,19)(H,20,21). The maximum Gasteiger partial charge on any atom is 0.305 e. The van der Waals surface area contributed by atoms with Gasteiger partial charge in [-0.1, -0.05) is 35.0 Å². The number of carbonyl (C=O) groups excluding carboxylic acids is 1. The van der Waals surface area contributed by atoms with Gasteiger partial charge in [-0.25, -0.2) is 0 Å². The average Bonchev–Trinajstić information content (AvgIpc) is 2.95. The van der Waals surface area contributed by atoms with Crippen molar-refractivity contribution >= 4 is 27.8 Å². The number of aromatic amines is 1. The molecule has 1 unspecified atom stereocenters. The molecule has 2 rings (SSSR count). The topological polar surface area (TPSA) is 95.1 Å². The van der Waals surface area contributed by atoms with Crippen LogP contribution in [0, 0.1) is 0 Å². The van der Waals surface area contributed by atoms with Crippen LogP contribution in [0.4, 0.5) is 0 Å². The first-order chi connectivity index (χ1) is 10.5. The molecule has 0 aliphatic rings. The highest BCUT2D eigenvalue weighted by Gasteiger charge is 2.20. The van der Waals surface area contributed by atoms with Gasteiger partial charge < -0.3 is 10.4 Å². The van der Waals surface area contributed by atoms with Gasteiger partial charge in [0.15, 0.2) is 0 Å². The van der Waals surface area contributed by atoms with Crippen molar-refractivity contribution in [3.8, 4) is 0 Å². The smallest absolute Gasteiger partial charge is 0.305 e. The Hall–Kier alpha value is -2.15. The molecule has 116 valence electrons. The zero-order valence-corrected chi connectivity index (χ0v) is 13.6. The van der Waals surface area contributed by atoms with Crippen molar-refractivity contribution in [1.29, 1.82) is 0 Å². The van der Waals surface area contributed by atoms with Gasteiger partial charge in [-0.3, -0.25) is 14.7 Å². The number of nitrogens with one attached hydrogen (secondary N) is 2. The lowest BCUT2D eigenvalue weighted by atomic mass is 10.0. The first-order valence-electron chi connectivity index (χ1n) is 6.82. The molecule has 6 nitrogen and oxygen atoms in total. The molecule has 0 saturated carbocycles. The quantitative estimate of drug-likeness (QED) is 0.733. The summed E-state index contributed by atoms with van der Waals surface area (Å²) in [6, 6.07) is 8.24. The second kappa shape index (κ2) is 7.22. The van der Waals surface area contributed by atoms with Crippen LogP contribution in [-0.4, -0.2) is 27.2 Å². The van der Waals surface area contributed by atoms with Gasteiger partial charge in [0, 0.05) is 10.2 Å². The number of carboxylic acid groups (broad SMARTS) is 1. The van der Waals surface area contributed by atoms with E-state index in [1.807, 2.05) is 13.0 Å². The zero-order chi connectivity index (χ0) is 16.1. The number of benzene rings is 1. The van der Waals surface area contributed by atoms with Crippen molar-refractivity contribution in [2.75, 3.05) is 0 Å². The minimum absolute atomic E-state index is 0.201. The molecular formula is C15H16BrN3O3. The maximum atomic E-state index is 12.2. The number of nitrogens with zero attached hydrogens (tertiary/aromatic N) is 1. The number of hydrogen-bond donors (Lipinski definition) is 3. The number of aromatic nitrogens is 2. The normalized spacial score (nSPS) is 11.9. The molecule has 7 heteroatoms. The number of amides is 1. The van der Waals surface area contributed by atoms with E-state index >= 15 is 0 Å². The Balaban J connectivity index is 2.19. The molecule has 0 saturated heterocycles. The summed E-state index contributed by atoms with van der Waals surface area (Å²) in [5.41, 5.74) is 1.82. The molecule has 0 spiro atoms. The van der Waals surface area contributed by atoms with Gasteiger partial charge in [-0.2, -0.15) is 5.10 Å². The number of carboxylic acids is 1. The summed E-state index contributed by atoms with van der Waals surface area (Å²) in [5, 5.41) is 18.5. The van der Waals surface area contributed by atoms with Crippen LogP contribution < -0.4 is 5.32 Å². The van der Waals surface area contributed by atoms with E-state index in [0.29, 0.717) is 0 Å². The molecular weight excluding hydrogens is 350 g/mol. The van der Waals surface area contributed by atoms with E-state index in [9.17, 15) is 9.59 Å². The Bertz CT molecular complexity index is 684. The third-order valence-electron chi connectivity index (χ3n) is 3.18. The number of hydrogen-bond acceptors (Lipinski definition) is 3. The van der Waals surface area contributed by atoms with Crippen LogP contribution in [0.15, 0.2) is 34.8 Å². The summed E-state index contributed by atoms with van der Waals surface area (Å²) in [6.45, 7) is 1.95. The Morgan fingerprint density at radius 3 is 2.77 bits per heavy atom. The highest BCUT2D eigenvalue weighted by molar-refractivity contribution is 9.10. The fraction of sp³-hybridized carbons (Fsp3) is 0.267. The average molecular weight is 366 g/mol. The van der Waals surface area contributed by atoms with E-state index in [-0.39, 0.29) is 12.1 Å². The molecule has 0 bridgehead atoms. The van der Waals surface area contributed by atoms with Gasteiger partial charge in [-0.05, 0) is 30.2 Å². The van der Waals surface area contributed by atoms with Crippen LogP contribution in [0.2, 0.25) is 0 Å². The third kappa shape index (κ3) is 4.17. The van der Waals surface area contributed by atoms with Gasteiger partial charge in [0.1, 0.15) is 5.69 Å². The first kappa shape index (κ1) is 16.2. The molecule has 1 amide bonds. The van der Waals surface area contributed by atoms with Crippen molar-refractivity contribution in [1.82, 2.24) is 15.5 Å². The van der Waals surface area contributed by atoms with Crippen LogP contribution in [-0.2, 0) is 11.2 Å². The molecule has 0 radical (unpaired) electrons. The van der Waals surface area contributed by atoms with E-state index in [1.165, 1.54) is 0 Å². The predicted molar refractivity (Wildman–Crippen MR) is 84.6 cm³/mol. The second-order valence-corrected chi connectivity index (χ2v) is 5.73. The van der Waals surface area contributed by atoms with Gasteiger partial charge in [0.2, 0.25) is 0 Å². The number of carbonyl (C=O) groups is 2. The Morgan fingerprint density at radius 1 is 1.41 bits per heavy atom.